The van der Waals surface area contributed by atoms with Crippen molar-refractivity contribution in [2.45, 2.75) is 25.5 Å². The Balaban J connectivity index is 1.80. The van der Waals surface area contributed by atoms with Crippen molar-refractivity contribution >= 4 is 29.1 Å². The third-order valence-electron chi connectivity index (χ3n) is 3.82. The molecule has 0 saturated carbocycles. The van der Waals surface area contributed by atoms with Crippen LogP contribution in [0, 0.1) is 0 Å². The van der Waals surface area contributed by atoms with Crippen molar-refractivity contribution in [2.75, 3.05) is 27.2 Å². The van der Waals surface area contributed by atoms with Crippen molar-refractivity contribution < 1.29 is 19.3 Å². The molecule has 0 aliphatic carbocycles. The van der Waals surface area contributed by atoms with Crippen molar-refractivity contribution in [3.05, 3.63) is 34.9 Å². The second-order valence-electron chi connectivity index (χ2n) is 6.32. The lowest BCUT2D eigenvalue weighted by molar-refractivity contribution is -0.856. The first-order valence-corrected chi connectivity index (χ1v) is 8.60. The number of rotatable bonds is 7. The fourth-order valence-electron chi connectivity index (χ4n) is 2.29. The van der Waals surface area contributed by atoms with Gasteiger partial charge in [0.25, 0.3) is 5.91 Å². The molecule has 0 spiro atoms. The van der Waals surface area contributed by atoms with Crippen molar-refractivity contribution in [3.63, 3.8) is 0 Å². The molecule has 2 rings (SSSR count). The summed E-state index contributed by atoms with van der Waals surface area (Å²) in [6.45, 7) is 3.02. The van der Waals surface area contributed by atoms with Gasteiger partial charge in [-0.25, -0.2) is 0 Å². The third-order valence-corrected chi connectivity index (χ3v) is 4.07. The van der Waals surface area contributed by atoms with Gasteiger partial charge in [-0.05, 0) is 24.6 Å². The van der Waals surface area contributed by atoms with Crippen LogP contribution in [0.15, 0.2) is 29.4 Å². The number of hydrogen-bond acceptors (Lipinski definition) is 4. The van der Waals surface area contributed by atoms with Crippen molar-refractivity contribution in [3.8, 4) is 0 Å². The maximum absolute atomic E-state index is 12.3. The van der Waals surface area contributed by atoms with E-state index in [2.05, 4.69) is 15.8 Å². The summed E-state index contributed by atoms with van der Waals surface area (Å²) in [5, 5.41) is 10.1. The number of likely N-dealkylation sites (N-methyl/N-ethyl adjacent to an activating group) is 1. The Hall–Kier alpha value is -2.12. The Morgan fingerprint density at radius 2 is 2.04 bits per heavy atom. The SMILES string of the molecule is C[C@@H](NC(=O)[C@H]1CC(c2ccc(Cl)cc2)=NO1)C(=O)NCC[NH+](C)C. The van der Waals surface area contributed by atoms with Gasteiger partial charge < -0.3 is 20.4 Å². The standard InChI is InChI=1S/C17H23ClN4O3/c1-11(16(23)19-8-9-22(2)3)20-17(24)15-10-14(21-25-15)12-4-6-13(18)7-5-12/h4-7,11,15H,8-10H2,1-3H3,(H,19,23)(H,20,24)/p+1/t11-,15-/m1/s1. The first kappa shape index (κ1) is 19.2. The number of nitrogens with one attached hydrogen (secondary N) is 3. The van der Waals surface area contributed by atoms with Gasteiger partial charge in [-0.15, -0.1) is 0 Å². The minimum atomic E-state index is -0.729. The van der Waals surface area contributed by atoms with E-state index >= 15 is 0 Å². The smallest absolute Gasteiger partial charge is 0.264 e. The highest BCUT2D eigenvalue weighted by Crippen LogP contribution is 2.18. The number of carbonyl (C=O) groups excluding carboxylic acids is 2. The lowest BCUT2D eigenvalue weighted by atomic mass is 10.0. The number of quaternary nitrogens is 1. The lowest BCUT2D eigenvalue weighted by Crippen LogP contribution is -3.06. The molecule has 0 fully saturated rings. The molecule has 0 aromatic heterocycles. The van der Waals surface area contributed by atoms with Gasteiger partial charge >= 0.3 is 0 Å². The summed E-state index contributed by atoms with van der Waals surface area (Å²) >= 11 is 5.86. The van der Waals surface area contributed by atoms with Crippen LogP contribution in [0.25, 0.3) is 0 Å². The van der Waals surface area contributed by atoms with E-state index in [1.807, 2.05) is 26.2 Å². The number of carbonyl (C=O) groups is 2. The van der Waals surface area contributed by atoms with Crippen LogP contribution in [0.5, 0.6) is 0 Å². The van der Waals surface area contributed by atoms with Crippen LogP contribution >= 0.6 is 11.6 Å². The molecule has 0 unspecified atom stereocenters. The van der Waals surface area contributed by atoms with Gasteiger partial charge in [0.05, 0.1) is 32.9 Å². The topological polar surface area (TPSA) is 84.2 Å². The summed E-state index contributed by atoms with van der Waals surface area (Å²) in [5.74, 6) is -0.569. The molecule has 8 heteroatoms. The van der Waals surface area contributed by atoms with Crippen molar-refractivity contribution in [1.29, 1.82) is 0 Å². The Kier molecular flexibility index (Phi) is 6.78. The van der Waals surface area contributed by atoms with Gasteiger partial charge in [-0.2, -0.15) is 0 Å². The van der Waals surface area contributed by atoms with E-state index in [-0.39, 0.29) is 11.8 Å². The fraction of sp³-hybridized carbons (Fsp3) is 0.471. The molecule has 0 saturated heterocycles. The van der Waals surface area contributed by atoms with Gasteiger partial charge in [0, 0.05) is 11.4 Å². The first-order chi connectivity index (χ1) is 11.9. The molecule has 2 atom stereocenters. The molecule has 1 aromatic rings. The Bertz CT molecular complexity index is 646. The number of nitrogens with zero attached hydrogens (tertiary/aromatic N) is 1. The van der Waals surface area contributed by atoms with Gasteiger partial charge in [0.1, 0.15) is 6.04 Å². The molecule has 7 nitrogen and oxygen atoms in total. The molecule has 1 aliphatic heterocycles. The second kappa shape index (κ2) is 8.82. The van der Waals surface area contributed by atoms with Crippen LogP contribution in [0.2, 0.25) is 5.02 Å². The van der Waals surface area contributed by atoms with Gasteiger partial charge in [0.2, 0.25) is 12.0 Å². The summed E-state index contributed by atoms with van der Waals surface area (Å²) < 4.78 is 0. The van der Waals surface area contributed by atoms with Crippen LogP contribution in [0.1, 0.15) is 18.9 Å². The van der Waals surface area contributed by atoms with E-state index in [0.717, 1.165) is 12.1 Å². The molecule has 0 radical (unpaired) electrons. The largest absolute Gasteiger partial charge is 0.382 e. The van der Waals surface area contributed by atoms with E-state index in [1.54, 1.807) is 19.1 Å². The zero-order chi connectivity index (χ0) is 18.4. The highest BCUT2D eigenvalue weighted by Gasteiger charge is 2.30. The number of hydrogen-bond donors (Lipinski definition) is 3. The average molecular weight is 368 g/mol. The minimum absolute atomic E-state index is 0.216. The van der Waals surface area contributed by atoms with E-state index in [1.165, 1.54) is 4.90 Å². The molecular weight excluding hydrogens is 344 g/mol. The molecule has 25 heavy (non-hydrogen) atoms. The monoisotopic (exact) mass is 367 g/mol. The van der Waals surface area contributed by atoms with Gasteiger partial charge in [-0.3, -0.25) is 9.59 Å². The molecule has 1 aromatic carbocycles. The van der Waals surface area contributed by atoms with Crippen LogP contribution in [0.4, 0.5) is 0 Å². The molecule has 2 amide bonds. The summed E-state index contributed by atoms with van der Waals surface area (Å²) in [7, 11) is 4.01. The van der Waals surface area contributed by atoms with Gasteiger partial charge in [0.15, 0.2) is 0 Å². The van der Waals surface area contributed by atoms with Crippen molar-refractivity contribution in [1.82, 2.24) is 10.6 Å². The quantitative estimate of drug-likeness (QED) is 0.613. The van der Waals surface area contributed by atoms with Crippen molar-refractivity contribution in [2.24, 2.45) is 5.16 Å². The van der Waals surface area contributed by atoms with E-state index in [0.29, 0.717) is 23.7 Å². The predicted molar refractivity (Wildman–Crippen MR) is 95.8 cm³/mol. The maximum atomic E-state index is 12.3. The Labute approximate surface area is 152 Å². The highest BCUT2D eigenvalue weighted by molar-refractivity contribution is 6.30. The number of amides is 2. The molecule has 3 N–H and O–H groups in total. The Morgan fingerprint density at radius 1 is 1.36 bits per heavy atom. The Morgan fingerprint density at radius 3 is 2.68 bits per heavy atom. The highest BCUT2D eigenvalue weighted by atomic mass is 35.5. The second-order valence-corrected chi connectivity index (χ2v) is 6.76. The lowest BCUT2D eigenvalue weighted by Gasteiger charge is -2.16. The molecule has 136 valence electrons. The average Bonchev–Trinajstić information content (AvgIpc) is 3.05. The molecular formula is C17H24ClN4O3+. The summed E-state index contributed by atoms with van der Waals surface area (Å²) in [5.41, 5.74) is 1.54. The predicted octanol–water partition coefficient (Wildman–Crippen LogP) is -0.402. The number of benzene rings is 1. The first-order valence-electron chi connectivity index (χ1n) is 8.22. The molecule has 1 heterocycles. The van der Waals surface area contributed by atoms with E-state index < -0.39 is 12.1 Å². The van der Waals surface area contributed by atoms with Crippen LogP contribution in [0.3, 0.4) is 0 Å². The summed E-state index contributed by atoms with van der Waals surface area (Å²) in [4.78, 5) is 30.7. The molecule has 1 aliphatic rings. The molecule has 0 bridgehead atoms. The number of oxime groups is 1. The van der Waals surface area contributed by atoms with Gasteiger partial charge in [-0.1, -0.05) is 28.9 Å². The zero-order valence-electron chi connectivity index (χ0n) is 14.6. The van der Waals surface area contributed by atoms with Crippen LogP contribution < -0.4 is 15.5 Å². The zero-order valence-corrected chi connectivity index (χ0v) is 15.4. The summed E-state index contributed by atoms with van der Waals surface area (Å²) in [6.07, 6.45) is -0.377. The normalized spacial score (nSPS) is 17.6. The minimum Gasteiger partial charge on any atom is -0.382 e. The van der Waals surface area contributed by atoms with Crippen LogP contribution in [-0.2, 0) is 14.4 Å². The van der Waals surface area contributed by atoms with E-state index in [4.69, 9.17) is 16.4 Å². The van der Waals surface area contributed by atoms with E-state index in [9.17, 15) is 9.59 Å². The third kappa shape index (κ3) is 5.72. The van der Waals surface area contributed by atoms with Crippen LogP contribution in [-0.4, -0.2) is 56.9 Å². The number of halogens is 1. The maximum Gasteiger partial charge on any atom is 0.264 e. The summed E-state index contributed by atoms with van der Waals surface area (Å²) in [6, 6.07) is 6.54. The fourth-order valence-corrected chi connectivity index (χ4v) is 2.42.